The first-order valence-corrected chi connectivity index (χ1v) is 9.70. The highest BCUT2D eigenvalue weighted by atomic mass is 16.5. The van der Waals surface area contributed by atoms with Crippen molar-refractivity contribution in [2.45, 2.75) is 6.92 Å². The van der Waals surface area contributed by atoms with Gasteiger partial charge in [-0.3, -0.25) is 4.79 Å². The SMILES string of the molecule is CCOc1ccc2c(-c3ccn4ncc(C(=O)N5CCOCC5)c4c3)c[nH]c2n1. The van der Waals surface area contributed by atoms with Crippen molar-refractivity contribution >= 4 is 22.5 Å². The van der Waals surface area contributed by atoms with E-state index in [1.807, 2.05) is 48.5 Å². The van der Waals surface area contributed by atoms with Crippen LogP contribution in [0.4, 0.5) is 0 Å². The molecule has 1 N–H and O–H groups in total. The molecule has 1 aliphatic rings. The Morgan fingerprint density at radius 2 is 2.14 bits per heavy atom. The Balaban J connectivity index is 1.54. The van der Waals surface area contributed by atoms with Crippen molar-refractivity contribution in [3.8, 4) is 17.0 Å². The van der Waals surface area contributed by atoms with E-state index in [9.17, 15) is 4.79 Å². The van der Waals surface area contributed by atoms with Gasteiger partial charge in [0.25, 0.3) is 5.91 Å². The molecule has 29 heavy (non-hydrogen) atoms. The van der Waals surface area contributed by atoms with Gasteiger partial charge in [-0.25, -0.2) is 4.52 Å². The molecule has 0 unspecified atom stereocenters. The molecule has 4 aromatic heterocycles. The third-order valence-electron chi connectivity index (χ3n) is 5.17. The van der Waals surface area contributed by atoms with E-state index >= 15 is 0 Å². The lowest BCUT2D eigenvalue weighted by atomic mass is 10.1. The number of rotatable bonds is 4. The van der Waals surface area contributed by atoms with Crippen LogP contribution in [-0.2, 0) is 4.74 Å². The lowest BCUT2D eigenvalue weighted by Gasteiger charge is -2.26. The number of H-pyrrole nitrogens is 1. The lowest BCUT2D eigenvalue weighted by molar-refractivity contribution is 0.0304. The van der Waals surface area contributed by atoms with Gasteiger partial charge in [0.15, 0.2) is 0 Å². The van der Waals surface area contributed by atoms with Crippen LogP contribution in [0.25, 0.3) is 27.7 Å². The third-order valence-corrected chi connectivity index (χ3v) is 5.17. The molecule has 1 fully saturated rings. The first-order valence-electron chi connectivity index (χ1n) is 9.70. The molecule has 1 aliphatic heterocycles. The molecule has 0 aliphatic carbocycles. The van der Waals surface area contributed by atoms with Crippen molar-refractivity contribution in [3.05, 3.63) is 48.4 Å². The fourth-order valence-corrected chi connectivity index (χ4v) is 3.70. The van der Waals surface area contributed by atoms with Gasteiger partial charge in [-0.05, 0) is 30.7 Å². The minimum Gasteiger partial charge on any atom is -0.478 e. The van der Waals surface area contributed by atoms with Gasteiger partial charge in [-0.1, -0.05) is 0 Å². The summed E-state index contributed by atoms with van der Waals surface area (Å²) in [5, 5.41) is 5.35. The Hall–Kier alpha value is -3.39. The number of aromatic amines is 1. The maximum atomic E-state index is 13.0. The zero-order valence-corrected chi connectivity index (χ0v) is 16.1. The number of hydrogen-bond acceptors (Lipinski definition) is 5. The Morgan fingerprint density at radius 1 is 1.28 bits per heavy atom. The van der Waals surface area contributed by atoms with Gasteiger partial charge in [0, 0.05) is 42.5 Å². The van der Waals surface area contributed by atoms with E-state index < -0.39 is 0 Å². The Morgan fingerprint density at radius 3 is 2.97 bits per heavy atom. The van der Waals surface area contributed by atoms with E-state index in [4.69, 9.17) is 9.47 Å². The number of nitrogens with one attached hydrogen (secondary N) is 1. The number of nitrogens with zero attached hydrogens (tertiary/aromatic N) is 4. The van der Waals surface area contributed by atoms with Gasteiger partial charge >= 0.3 is 0 Å². The van der Waals surface area contributed by atoms with Crippen LogP contribution in [0.3, 0.4) is 0 Å². The summed E-state index contributed by atoms with van der Waals surface area (Å²) in [6.07, 6.45) is 5.45. The number of ether oxygens (including phenoxy) is 2. The Kier molecular flexibility index (Phi) is 4.40. The van der Waals surface area contributed by atoms with E-state index in [2.05, 4.69) is 15.1 Å². The smallest absolute Gasteiger partial charge is 0.257 e. The fraction of sp³-hybridized carbons (Fsp3) is 0.286. The van der Waals surface area contributed by atoms with Crippen LogP contribution in [0.2, 0.25) is 0 Å². The van der Waals surface area contributed by atoms with Gasteiger partial charge in [-0.2, -0.15) is 10.1 Å². The predicted molar refractivity (Wildman–Crippen MR) is 108 cm³/mol. The number of amides is 1. The molecule has 4 aromatic rings. The van der Waals surface area contributed by atoms with Gasteiger partial charge in [0.2, 0.25) is 5.88 Å². The van der Waals surface area contributed by atoms with Crippen LogP contribution in [0.15, 0.2) is 42.9 Å². The van der Waals surface area contributed by atoms with Gasteiger partial charge in [-0.15, -0.1) is 0 Å². The van der Waals surface area contributed by atoms with Crippen LogP contribution in [0.1, 0.15) is 17.3 Å². The second-order valence-electron chi connectivity index (χ2n) is 6.89. The number of pyridine rings is 2. The summed E-state index contributed by atoms with van der Waals surface area (Å²) in [4.78, 5) is 22.5. The summed E-state index contributed by atoms with van der Waals surface area (Å²) < 4.78 is 12.6. The second-order valence-corrected chi connectivity index (χ2v) is 6.89. The molecule has 5 heterocycles. The molecule has 0 spiro atoms. The number of carbonyl (C=O) groups excluding carboxylic acids is 1. The molecule has 1 amide bonds. The van der Waals surface area contributed by atoms with Crippen molar-refractivity contribution < 1.29 is 14.3 Å². The van der Waals surface area contributed by atoms with Crippen molar-refractivity contribution in [3.63, 3.8) is 0 Å². The highest BCUT2D eigenvalue weighted by Crippen LogP contribution is 2.30. The summed E-state index contributed by atoms with van der Waals surface area (Å²) in [5.41, 5.74) is 4.16. The molecule has 0 radical (unpaired) electrons. The standard InChI is InChI=1S/C21H21N5O3/c1-2-29-19-4-3-15-16(12-22-20(15)24-19)14-5-6-26-18(11-14)17(13-23-26)21(27)25-7-9-28-10-8-25/h3-6,11-13H,2,7-10H2,1H3,(H,22,24). The summed E-state index contributed by atoms with van der Waals surface area (Å²) in [6, 6.07) is 7.86. The molecule has 0 atom stereocenters. The average Bonchev–Trinajstić information content (AvgIpc) is 3.37. The number of aromatic nitrogens is 4. The first kappa shape index (κ1) is 17.7. The summed E-state index contributed by atoms with van der Waals surface area (Å²) in [6.45, 7) is 4.86. The molecular formula is C21H21N5O3. The molecule has 8 heteroatoms. The van der Waals surface area contributed by atoms with E-state index in [-0.39, 0.29) is 5.91 Å². The van der Waals surface area contributed by atoms with Crippen LogP contribution in [0.5, 0.6) is 5.88 Å². The zero-order valence-electron chi connectivity index (χ0n) is 16.1. The summed E-state index contributed by atoms with van der Waals surface area (Å²) in [5.74, 6) is 0.584. The van der Waals surface area contributed by atoms with Crippen molar-refractivity contribution in [1.82, 2.24) is 24.5 Å². The maximum Gasteiger partial charge on any atom is 0.257 e. The van der Waals surface area contributed by atoms with E-state index in [0.29, 0.717) is 44.4 Å². The second kappa shape index (κ2) is 7.21. The molecular weight excluding hydrogens is 370 g/mol. The molecule has 0 aromatic carbocycles. The quantitative estimate of drug-likeness (QED) is 0.578. The number of carbonyl (C=O) groups is 1. The summed E-state index contributed by atoms with van der Waals surface area (Å²) in [7, 11) is 0. The van der Waals surface area contributed by atoms with Gasteiger partial charge < -0.3 is 19.4 Å². The molecule has 0 bridgehead atoms. The summed E-state index contributed by atoms with van der Waals surface area (Å²) >= 11 is 0. The maximum absolute atomic E-state index is 13.0. The molecule has 148 valence electrons. The molecule has 8 nitrogen and oxygen atoms in total. The minimum absolute atomic E-state index is 0.0117. The minimum atomic E-state index is -0.0117. The van der Waals surface area contributed by atoms with Gasteiger partial charge in [0.05, 0.1) is 37.1 Å². The predicted octanol–water partition coefficient (Wildman–Crippen LogP) is 2.75. The fourth-order valence-electron chi connectivity index (χ4n) is 3.70. The van der Waals surface area contributed by atoms with E-state index in [1.54, 1.807) is 10.7 Å². The highest BCUT2D eigenvalue weighted by molar-refractivity contribution is 6.02. The molecule has 1 saturated heterocycles. The average molecular weight is 391 g/mol. The van der Waals surface area contributed by atoms with Crippen molar-refractivity contribution in [2.75, 3.05) is 32.9 Å². The van der Waals surface area contributed by atoms with E-state index in [1.165, 1.54) is 0 Å². The van der Waals surface area contributed by atoms with Crippen LogP contribution in [-0.4, -0.2) is 63.3 Å². The van der Waals surface area contributed by atoms with Gasteiger partial charge in [0.1, 0.15) is 5.65 Å². The monoisotopic (exact) mass is 391 g/mol. The number of fused-ring (bicyclic) bond motifs is 2. The topological polar surface area (TPSA) is 84.8 Å². The van der Waals surface area contributed by atoms with Crippen molar-refractivity contribution in [2.24, 2.45) is 0 Å². The third kappa shape index (κ3) is 3.11. The lowest BCUT2D eigenvalue weighted by Crippen LogP contribution is -2.40. The Labute approximate surface area is 167 Å². The Bertz CT molecular complexity index is 1190. The highest BCUT2D eigenvalue weighted by Gasteiger charge is 2.22. The first-order chi connectivity index (χ1) is 14.2. The number of morpholine rings is 1. The van der Waals surface area contributed by atoms with Crippen molar-refractivity contribution in [1.29, 1.82) is 0 Å². The van der Waals surface area contributed by atoms with E-state index in [0.717, 1.165) is 27.7 Å². The number of hydrogen-bond donors (Lipinski definition) is 1. The molecule has 0 saturated carbocycles. The molecule has 5 rings (SSSR count). The van der Waals surface area contributed by atoms with Crippen LogP contribution >= 0.6 is 0 Å². The van der Waals surface area contributed by atoms with Crippen LogP contribution < -0.4 is 4.74 Å². The largest absolute Gasteiger partial charge is 0.478 e. The van der Waals surface area contributed by atoms with Crippen LogP contribution in [0, 0.1) is 0 Å². The normalized spacial score (nSPS) is 14.6. The zero-order chi connectivity index (χ0) is 19.8.